The first-order valence-corrected chi connectivity index (χ1v) is 9.02. The number of cyclic esters (lactones) is 1. The lowest BCUT2D eigenvalue weighted by atomic mass is 9.85. The highest BCUT2D eigenvalue weighted by atomic mass is 79.9. The third kappa shape index (κ3) is 4.15. The highest BCUT2D eigenvalue weighted by Gasteiger charge is 2.36. The highest BCUT2D eigenvalue weighted by Crippen LogP contribution is 2.33. The molecule has 1 fully saturated rings. The van der Waals surface area contributed by atoms with E-state index in [1.807, 2.05) is 36.4 Å². The molecule has 4 nitrogen and oxygen atoms in total. The van der Waals surface area contributed by atoms with Crippen LogP contribution in [0, 0.1) is 11.8 Å². The van der Waals surface area contributed by atoms with Crippen LogP contribution in [0.5, 0.6) is 11.5 Å². The van der Waals surface area contributed by atoms with Gasteiger partial charge in [-0.15, -0.1) is 0 Å². The largest absolute Gasteiger partial charge is 0.493 e. The third-order valence-electron chi connectivity index (χ3n) is 4.60. The number of esters is 1. The Morgan fingerprint density at radius 2 is 1.80 bits per heavy atom. The molecule has 0 saturated carbocycles. The van der Waals surface area contributed by atoms with Crippen molar-refractivity contribution in [2.75, 3.05) is 20.8 Å². The summed E-state index contributed by atoms with van der Waals surface area (Å²) in [5.41, 5.74) is 2.25. The Labute approximate surface area is 156 Å². The van der Waals surface area contributed by atoms with E-state index in [2.05, 4.69) is 22.0 Å². The number of hydrogen-bond acceptors (Lipinski definition) is 4. The van der Waals surface area contributed by atoms with Gasteiger partial charge in [0.2, 0.25) is 0 Å². The summed E-state index contributed by atoms with van der Waals surface area (Å²) in [5.74, 6) is 1.34. The number of benzene rings is 2. The van der Waals surface area contributed by atoms with E-state index in [0.29, 0.717) is 24.5 Å². The minimum atomic E-state index is -0.123. The third-order valence-corrected chi connectivity index (χ3v) is 5.10. The molecule has 2 aromatic carbocycles. The highest BCUT2D eigenvalue weighted by molar-refractivity contribution is 9.10. The lowest BCUT2D eigenvalue weighted by molar-refractivity contribution is -0.141. The first-order valence-electron chi connectivity index (χ1n) is 8.22. The van der Waals surface area contributed by atoms with E-state index >= 15 is 0 Å². The minimum absolute atomic E-state index is 0.106. The van der Waals surface area contributed by atoms with Crippen molar-refractivity contribution in [1.29, 1.82) is 0 Å². The smallest absolute Gasteiger partial charge is 0.309 e. The van der Waals surface area contributed by atoms with Crippen LogP contribution in [0.25, 0.3) is 0 Å². The van der Waals surface area contributed by atoms with Crippen molar-refractivity contribution < 1.29 is 19.0 Å². The van der Waals surface area contributed by atoms with Crippen LogP contribution in [0.15, 0.2) is 46.9 Å². The quantitative estimate of drug-likeness (QED) is 0.681. The second-order valence-corrected chi connectivity index (χ2v) is 7.14. The topological polar surface area (TPSA) is 44.8 Å². The molecule has 0 spiro atoms. The second kappa shape index (κ2) is 7.91. The zero-order valence-corrected chi connectivity index (χ0v) is 15.9. The predicted molar refractivity (Wildman–Crippen MR) is 99.0 cm³/mol. The Bertz CT molecular complexity index is 759. The average molecular weight is 405 g/mol. The van der Waals surface area contributed by atoms with Crippen molar-refractivity contribution in [3.63, 3.8) is 0 Å². The summed E-state index contributed by atoms with van der Waals surface area (Å²) < 4.78 is 17.0. The van der Waals surface area contributed by atoms with Gasteiger partial charge in [-0.1, -0.05) is 34.1 Å². The van der Waals surface area contributed by atoms with Crippen LogP contribution in [-0.4, -0.2) is 26.8 Å². The molecular weight excluding hydrogens is 384 g/mol. The number of rotatable bonds is 6. The molecular formula is C20H21BrO4. The van der Waals surface area contributed by atoms with Gasteiger partial charge in [0.05, 0.1) is 26.7 Å². The van der Waals surface area contributed by atoms with E-state index in [4.69, 9.17) is 14.2 Å². The zero-order chi connectivity index (χ0) is 17.8. The van der Waals surface area contributed by atoms with Crippen LogP contribution in [0.2, 0.25) is 0 Å². The van der Waals surface area contributed by atoms with Crippen molar-refractivity contribution in [2.24, 2.45) is 11.8 Å². The molecule has 0 amide bonds. The number of halogens is 1. The lowest BCUT2D eigenvalue weighted by Gasteiger charge is -2.16. The van der Waals surface area contributed by atoms with Crippen LogP contribution in [0.1, 0.15) is 11.1 Å². The molecule has 3 rings (SSSR count). The molecule has 0 N–H and O–H groups in total. The molecule has 0 radical (unpaired) electrons. The Balaban J connectivity index is 1.75. The van der Waals surface area contributed by atoms with Gasteiger partial charge >= 0.3 is 5.97 Å². The standard InChI is InChI=1S/C20H21BrO4/c1-23-18-7-6-14(11-19(18)24-2)8-15-12-25-20(22)17(15)10-13-4-3-5-16(21)9-13/h3-7,9,11,15,17H,8,10,12H2,1-2H3/t15-,17+/m0/s1. The van der Waals surface area contributed by atoms with Gasteiger partial charge in [0.1, 0.15) is 0 Å². The Kier molecular flexibility index (Phi) is 5.63. The normalized spacial score (nSPS) is 19.6. The van der Waals surface area contributed by atoms with Gasteiger partial charge in [0, 0.05) is 10.4 Å². The van der Waals surface area contributed by atoms with Gasteiger partial charge in [0.25, 0.3) is 0 Å². The lowest BCUT2D eigenvalue weighted by Crippen LogP contribution is -2.20. The van der Waals surface area contributed by atoms with Gasteiger partial charge in [-0.3, -0.25) is 4.79 Å². The van der Waals surface area contributed by atoms with E-state index in [0.717, 1.165) is 22.0 Å². The molecule has 1 aliphatic heterocycles. The monoisotopic (exact) mass is 404 g/mol. The molecule has 25 heavy (non-hydrogen) atoms. The van der Waals surface area contributed by atoms with Gasteiger partial charge in [0.15, 0.2) is 11.5 Å². The van der Waals surface area contributed by atoms with Crippen LogP contribution in [0.4, 0.5) is 0 Å². The maximum atomic E-state index is 12.2. The number of hydrogen-bond donors (Lipinski definition) is 0. The average Bonchev–Trinajstić information content (AvgIpc) is 2.95. The maximum Gasteiger partial charge on any atom is 0.309 e. The van der Waals surface area contributed by atoms with Crippen molar-refractivity contribution in [2.45, 2.75) is 12.8 Å². The molecule has 0 aromatic heterocycles. The van der Waals surface area contributed by atoms with Gasteiger partial charge in [-0.05, 0) is 48.2 Å². The van der Waals surface area contributed by atoms with E-state index in [-0.39, 0.29) is 17.8 Å². The minimum Gasteiger partial charge on any atom is -0.493 e. The fourth-order valence-corrected chi connectivity index (χ4v) is 3.73. The first kappa shape index (κ1) is 17.8. The molecule has 1 saturated heterocycles. The number of ether oxygens (including phenoxy) is 3. The molecule has 1 heterocycles. The number of carbonyl (C=O) groups is 1. The molecule has 0 bridgehead atoms. The summed E-state index contributed by atoms with van der Waals surface area (Å²) in [5, 5.41) is 0. The number of carbonyl (C=O) groups excluding carboxylic acids is 1. The SMILES string of the molecule is COc1ccc(C[C@H]2COC(=O)[C@@H]2Cc2cccc(Br)c2)cc1OC. The van der Waals surface area contributed by atoms with Crippen LogP contribution in [-0.2, 0) is 22.4 Å². The second-order valence-electron chi connectivity index (χ2n) is 6.22. The van der Waals surface area contributed by atoms with Crippen molar-refractivity contribution in [3.8, 4) is 11.5 Å². The molecule has 5 heteroatoms. The Hall–Kier alpha value is -2.01. The maximum absolute atomic E-state index is 12.2. The van der Waals surface area contributed by atoms with E-state index < -0.39 is 0 Å². The molecule has 0 unspecified atom stereocenters. The summed E-state index contributed by atoms with van der Waals surface area (Å²) in [6.45, 7) is 0.464. The van der Waals surface area contributed by atoms with E-state index in [9.17, 15) is 4.79 Å². The molecule has 0 aliphatic carbocycles. The zero-order valence-electron chi connectivity index (χ0n) is 14.3. The summed E-state index contributed by atoms with van der Waals surface area (Å²) in [7, 11) is 3.24. The van der Waals surface area contributed by atoms with Crippen molar-refractivity contribution in [3.05, 3.63) is 58.1 Å². The molecule has 1 aliphatic rings. The van der Waals surface area contributed by atoms with Crippen molar-refractivity contribution >= 4 is 21.9 Å². The van der Waals surface area contributed by atoms with Gasteiger partial charge in [-0.2, -0.15) is 0 Å². The van der Waals surface area contributed by atoms with Gasteiger partial charge in [-0.25, -0.2) is 0 Å². The molecule has 2 atom stereocenters. The van der Waals surface area contributed by atoms with Crippen LogP contribution in [0.3, 0.4) is 0 Å². The van der Waals surface area contributed by atoms with E-state index in [1.54, 1.807) is 14.2 Å². The molecule has 132 valence electrons. The fraction of sp³-hybridized carbons (Fsp3) is 0.350. The summed E-state index contributed by atoms with van der Waals surface area (Å²) in [4.78, 5) is 12.2. The van der Waals surface area contributed by atoms with Crippen LogP contribution < -0.4 is 9.47 Å². The van der Waals surface area contributed by atoms with E-state index in [1.165, 1.54) is 0 Å². The summed E-state index contributed by atoms with van der Waals surface area (Å²) in [6.07, 6.45) is 1.46. The number of methoxy groups -OCH3 is 2. The fourth-order valence-electron chi connectivity index (χ4n) is 3.28. The molecule has 2 aromatic rings. The van der Waals surface area contributed by atoms with Crippen molar-refractivity contribution in [1.82, 2.24) is 0 Å². The predicted octanol–water partition coefficient (Wildman–Crippen LogP) is 4.04. The summed E-state index contributed by atoms with van der Waals surface area (Å²) in [6, 6.07) is 14.0. The van der Waals surface area contributed by atoms with Crippen LogP contribution >= 0.6 is 15.9 Å². The Morgan fingerprint density at radius 1 is 1.04 bits per heavy atom. The first-order chi connectivity index (χ1) is 12.1. The Morgan fingerprint density at radius 3 is 2.52 bits per heavy atom. The summed E-state index contributed by atoms with van der Waals surface area (Å²) >= 11 is 3.48. The van der Waals surface area contributed by atoms with Gasteiger partial charge < -0.3 is 14.2 Å².